The molecule has 4 heteroatoms. The van der Waals surface area contributed by atoms with Gasteiger partial charge in [0.25, 0.3) is 0 Å². The molecule has 1 aromatic carbocycles. The van der Waals surface area contributed by atoms with Crippen molar-refractivity contribution in [3.8, 4) is 23.4 Å². The van der Waals surface area contributed by atoms with Crippen LogP contribution in [0.15, 0.2) is 36.4 Å². The largest absolute Gasteiger partial charge is 0.508 e. The molecule has 2 aromatic rings. The Bertz CT molecular complexity index is 568. The summed E-state index contributed by atoms with van der Waals surface area (Å²) in [6.45, 7) is 1.85. The topological polar surface area (TPSA) is 66.1 Å². The van der Waals surface area contributed by atoms with Gasteiger partial charge in [-0.15, -0.1) is 0 Å². The van der Waals surface area contributed by atoms with E-state index in [4.69, 9.17) is 10.00 Å². The Balaban J connectivity index is 2.28. The number of hydrogen-bond acceptors (Lipinski definition) is 4. The van der Waals surface area contributed by atoms with E-state index in [1.165, 1.54) is 6.07 Å². The first-order valence-corrected chi connectivity index (χ1v) is 5.03. The summed E-state index contributed by atoms with van der Waals surface area (Å²) >= 11 is 0. The van der Waals surface area contributed by atoms with Gasteiger partial charge in [-0.25, -0.2) is 4.98 Å². The Hall–Kier alpha value is -2.54. The maximum absolute atomic E-state index is 9.42. The number of phenolic OH excluding ortho intramolecular Hbond substituents is 1. The van der Waals surface area contributed by atoms with Gasteiger partial charge < -0.3 is 9.84 Å². The average molecular weight is 226 g/mol. The van der Waals surface area contributed by atoms with Crippen molar-refractivity contribution in [1.82, 2.24) is 4.98 Å². The molecule has 0 aliphatic rings. The van der Waals surface area contributed by atoms with Crippen molar-refractivity contribution in [2.75, 3.05) is 0 Å². The monoisotopic (exact) mass is 226 g/mol. The average Bonchev–Trinajstić information content (AvgIpc) is 2.28. The van der Waals surface area contributed by atoms with Gasteiger partial charge in [0.1, 0.15) is 23.3 Å². The molecule has 0 saturated heterocycles. The minimum Gasteiger partial charge on any atom is -0.508 e. The molecule has 0 unspecified atom stereocenters. The summed E-state index contributed by atoms with van der Waals surface area (Å²) in [5.41, 5.74) is 1.18. The highest BCUT2D eigenvalue weighted by Crippen LogP contribution is 2.25. The lowest BCUT2D eigenvalue weighted by Crippen LogP contribution is -1.90. The van der Waals surface area contributed by atoms with Crippen molar-refractivity contribution < 1.29 is 9.84 Å². The van der Waals surface area contributed by atoms with E-state index in [0.29, 0.717) is 17.3 Å². The van der Waals surface area contributed by atoms with Crippen molar-refractivity contribution >= 4 is 0 Å². The van der Waals surface area contributed by atoms with Crippen LogP contribution < -0.4 is 4.74 Å². The molecule has 0 bridgehead atoms. The van der Waals surface area contributed by atoms with Gasteiger partial charge in [0, 0.05) is 12.1 Å². The Morgan fingerprint density at radius 1 is 1.29 bits per heavy atom. The summed E-state index contributed by atoms with van der Waals surface area (Å²) in [5.74, 6) is 0.954. The molecule has 1 aromatic heterocycles. The maximum Gasteiger partial charge on any atom is 0.220 e. The fourth-order valence-electron chi connectivity index (χ4n) is 1.44. The van der Waals surface area contributed by atoms with Crippen LogP contribution in [0.1, 0.15) is 11.3 Å². The van der Waals surface area contributed by atoms with Crippen molar-refractivity contribution in [3.05, 3.63) is 47.7 Å². The van der Waals surface area contributed by atoms with Gasteiger partial charge in [0.05, 0.1) is 0 Å². The number of aryl methyl sites for hydroxylation is 1. The summed E-state index contributed by atoms with van der Waals surface area (Å²) < 4.78 is 5.46. The molecule has 0 saturated carbocycles. The standard InChI is InChI=1S/C13H10N2O2/c1-9-5-11(16)7-12(6-9)17-13-4-2-3-10(8-14)15-13/h2-7,16H,1H3. The van der Waals surface area contributed by atoms with Gasteiger partial charge in [-0.3, -0.25) is 0 Å². The zero-order valence-electron chi connectivity index (χ0n) is 9.21. The third-order valence-electron chi connectivity index (χ3n) is 2.10. The highest BCUT2D eigenvalue weighted by Gasteiger charge is 2.02. The fourth-order valence-corrected chi connectivity index (χ4v) is 1.44. The van der Waals surface area contributed by atoms with Crippen molar-refractivity contribution in [1.29, 1.82) is 5.26 Å². The molecule has 0 aliphatic carbocycles. The molecule has 0 amide bonds. The van der Waals surface area contributed by atoms with Gasteiger partial charge in [-0.2, -0.15) is 5.26 Å². The van der Waals surface area contributed by atoms with E-state index in [9.17, 15) is 5.11 Å². The maximum atomic E-state index is 9.42. The van der Waals surface area contributed by atoms with Gasteiger partial charge >= 0.3 is 0 Å². The highest BCUT2D eigenvalue weighted by atomic mass is 16.5. The van der Waals surface area contributed by atoms with Crippen LogP contribution in [0.2, 0.25) is 0 Å². The van der Waals surface area contributed by atoms with E-state index < -0.39 is 0 Å². The van der Waals surface area contributed by atoms with Crippen LogP contribution in [0.4, 0.5) is 0 Å². The minimum absolute atomic E-state index is 0.136. The van der Waals surface area contributed by atoms with Crippen molar-refractivity contribution in [3.63, 3.8) is 0 Å². The minimum atomic E-state index is 0.136. The Morgan fingerprint density at radius 2 is 2.12 bits per heavy atom. The SMILES string of the molecule is Cc1cc(O)cc(Oc2cccc(C#N)n2)c1. The quantitative estimate of drug-likeness (QED) is 0.855. The molecule has 4 nitrogen and oxygen atoms in total. The van der Waals surface area contributed by atoms with Crippen molar-refractivity contribution in [2.45, 2.75) is 6.92 Å². The van der Waals surface area contributed by atoms with Crippen LogP contribution in [0, 0.1) is 18.3 Å². The highest BCUT2D eigenvalue weighted by molar-refractivity contribution is 5.39. The summed E-state index contributed by atoms with van der Waals surface area (Å²) in [5, 5.41) is 18.1. The zero-order valence-corrected chi connectivity index (χ0v) is 9.21. The van der Waals surface area contributed by atoms with Crippen LogP contribution in [0.25, 0.3) is 0 Å². The lowest BCUT2D eigenvalue weighted by atomic mass is 10.2. The lowest BCUT2D eigenvalue weighted by Gasteiger charge is -2.06. The summed E-state index contributed by atoms with van der Waals surface area (Å²) in [6, 6.07) is 11.8. The third kappa shape index (κ3) is 2.73. The molecule has 0 fully saturated rings. The number of rotatable bonds is 2. The number of hydrogen-bond donors (Lipinski definition) is 1. The number of nitriles is 1. The second-order valence-electron chi connectivity index (χ2n) is 3.58. The molecule has 17 heavy (non-hydrogen) atoms. The molecule has 0 atom stereocenters. The van der Waals surface area contributed by atoms with E-state index in [2.05, 4.69) is 4.98 Å². The lowest BCUT2D eigenvalue weighted by molar-refractivity contribution is 0.444. The first-order valence-electron chi connectivity index (χ1n) is 5.03. The Kier molecular flexibility index (Phi) is 2.93. The number of benzene rings is 1. The number of phenols is 1. The zero-order chi connectivity index (χ0) is 12.3. The molecule has 1 heterocycles. The number of nitrogens with zero attached hydrogens (tertiary/aromatic N) is 2. The van der Waals surface area contributed by atoms with E-state index in [0.717, 1.165) is 5.56 Å². The van der Waals surface area contributed by atoms with Gasteiger partial charge in [-0.1, -0.05) is 6.07 Å². The van der Waals surface area contributed by atoms with E-state index in [1.54, 1.807) is 30.3 Å². The fraction of sp³-hybridized carbons (Fsp3) is 0.0769. The first-order chi connectivity index (χ1) is 8.17. The Labute approximate surface area is 98.7 Å². The van der Waals surface area contributed by atoms with Gasteiger partial charge in [0.2, 0.25) is 5.88 Å². The molecule has 0 aliphatic heterocycles. The number of pyridine rings is 1. The van der Waals surface area contributed by atoms with Crippen molar-refractivity contribution in [2.24, 2.45) is 0 Å². The first kappa shape index (κ1) is 11.0. The second-order valence-corrected chi connectivity index (χ2v) is 3.58. The third-order valence-corrected chi connectivity index (χ3v) is 2.10. The molecule has 0 radical (unpaired) electrons. The predicted octanol–water partition coefficient (Wildman–Crippen LogP) is 2.76. The number of aromatic nitrogens is 1. The van der Waals surface area contributed by atoms with Gasteiger partial charge in [-0.05, 0) is 30.7 Å². The summed E-state index contributed by atoms with van der Waals surface area (Å²) in [6.07, 6.45) is 0. The molecular formula is C13H10N2O2. The Morgan fingerprint density at radius 3 is 2.82 bits per heavy atom. The molecular weight excluding hydrogens is 216 g/mol. The van der Waals surface area contributed by atoms with E-state index >= 15 is 0 Å². The van der Waals surface area contributed by atoms with E-state index in [1.807, 2.05) is 13.0 Å². The molecule has 2 rings (SSSR count). The normalized spacial score (nSPS) is 9.65. The smallest absolute Gasteiger partial charge is 0.220 e. The van der Waals surface area contributed by atoms with Gasteiger partial charge in [0.15, 0.2) is 0 Å². The predicted molar refractivity (Wildman–Crippen MR) is 61.9 cm³/mol. The van der Waals surface area contributed by atoms with Crippen LogP contribution >= 0.6 is 0 Å². The summed E-state index contributed by atoms with van der Waals surface area (Å²) in [4.78, 5) is 3.98. The molecule has 1 N–H and O–H groups in total. The van der Waals surface area contributed by atoms with Crippen LogP contribution in [0.5, 0.6) is 17.4 Å². The number of ether oxygens (including phenoxy) is 1. The molecule has 0 spiro atoms. The van der Waals surface area contributed by atoms with Crippen LogP contribution in [0.3, 0.4) is 0 Å². The van der Waals surface area contributed by atoms with Crippen LogP contribution in [-0.4, -0.2) is 10.1 Å². The number of aromatic hydroxyl groups is 1. The van der Waals surface area contributed by atoms with E-state index in [-0.39, 0.29) is 5.75 Å². The molecule has 84 valence electrons. The van der Waals surface area contributed by atoms with Crippen LogP contribution in [-0.2, 0) is 0 Å². The summed E-state index contributed by atoms with van der Waals surface area (Å²) in [7, 11) is 0. The second kappa shape index (κ2) is 4.54.